The van der Waals surface area contributed by atoms with Crippen LogP contribution in [0.4, 0.5) is 4.39 Å². The second kappa shape index (κ2) is 4.19. The van der Waals surface area contributed by atoms with Gasteiger partial charge in [0.2, 0.25) is 0 Å². The van der Waals surface area contributed by atoms with Gasteiger partial charge in [-0.15, -0.1) is 0 Å². The minimum absolute atomic E-state index is 0.187. The number of aryl methyl sites for hydroxylation is 2. The molecule has 2 heteroatoms. The van der Waals surface area contributed by atoms with Gasteiger partial charge in [0.15, 0.2) is 0 Å². The maximum Gasteiger partial charge on any atom is 0.130 e. The highest BCUT2D eigenvalue weighted by atomic mass is 19.1. The Morgan fingerprint density at radius 1 is 1.31 bits per heavy atom. The maximum absolute atomic E-state index is 13.3. The Balaban J connectivity index is 3.08. The highest BCUT2D eigenvalue weighted by Crippen LogP contribution is 2.15. The minimum Gasteiger partial charge on any atom is -0.327 e. The molecule has 0 fully saturated rings. The first-order chi connectivity index (χ1) is 6.15. The number of nitrogens with two attached hydrogens (primary N) is 1. The van der Waals surface area contributed by atoms with Crippen LogP contribution in [0.15, 0.2) is 18.2 Å². The van der Waals surface area contributed by atoms with E-state index in [1.54, 1.807) is 18.2 Å². The number of hydrogen-bond donors (Lipinski definition) is 1. The molecule has 1 nitrogen and oxygen atoms in total. The van der Waals surface area contributed by atoms with Crippen LogP contribution < -0.4 is 5.73 Å². The summed E-state index contributed by atoms with van der Waals surface area (Å²) in [6, 6.07) is 3.38. The molecule has 0 atom stereocenters. The van der Waals surface area contributed by atoms with Gasteiger partial charge in [0, 0.05) is 12.1 Å². The van der Waals surface area contributed by atoms with Crippen molar-refractivity contribution >= 4 is 6.08 Å². The second-order valence-corrected chi connectivity index (χ2v) is 3.10. The van der Waals surface area contributed by atoms with Crippen molar-refractivity contribution in [1.29, 1.82) is 0 Å². The van der Waals surface area contributed by atoms with Crippen molar-refractivity contribution in [3.63, 3.8) is 0 Å². The zero-order valence-corrected chi connectivity index (χ0v) is 7.97. The Bertz CT molecular complexity index is 329. The molecular formula is C11H14FN. The van der Waals surface area contributed by atoms with Crippen LogP contribution >= 0.6 is 0 Å². The summed E-state index contributed by atoms with van der Waals surface area (Å²) in [7, 11) is 0. The van der Waals surface area contributed by atoms with E-state index in [2.05, 4.69) is 0 Å². The summed E-state index contributed by atoms with van der Waals surface area (Å²) in [5.74, 6) is -0.187. The van der Waals surface area contributed by atoms with Gasteiger partial charge in [-0.2, -0.15) is 0 Å². The van der Waals surface area contributed by atoms with E-state index < -0.39 is 0 Å². The Labute approximate surface area is 78.1 Å². The van der Waals surface area contributed by atoms with Gasteiger partial charge in [0.25, 0.3) is 0 Å². The Hall–Kier alpha value is -1.15. The Morgan fingerprint density at radius 3 is 2.54 bits per heavy atom. The predicted octanol–water partition coefficient (Wildman–Crippen LogP) is 2.41. The molecule has 0 aliphatic heterocycles. The average Bonchev–Trinajstić information content (AvgIpc) is 2.09. The van der Waals surface area contributed by atoms with E-state index in [0.717, 1.165) is 11.1 Å². The molecule has 0 unspecified atom stereocenters. The van der Waals surface area contributed by atoms with E-state index in [1.165, 1.54) is 0 Å². The van der Waals surface area contributed by atoms with Crippen molar-refractivity contribution in [2.24, 2.45) is 5.73 Å². The fourth-order valence-corrected chi connectivity index (χ4v) is 1.13. The molecule has 1 aromatic rings. The lowest BCUT2D eigenvalue weighted by Crippen LogP contribution is -1.93. The topological polar surface area (TPSA) is 26.0 Å². The molecule has 0 saturated heterocycles. The summed E-state index contributed by atoms with van der Waals surface area (Å²) in [6.45, 7) is 4.30. The summed E-state index contributed by atoms with van der Waals surface area (Å²) in [4.78, 5) is 0. The third-order valence-corrected chi connectivity index (χ3v) is 2.05. The predicted molar refractivity (Wildman–Crippen MR) is 54.0 cm³/mol. The first kappa shape index (κ1) is 9.93. The van der Waals surface area contributed by atoms with E-state index in [-0.39, 0.29) is 5.82 Å². The molecule has 0 amide bonds. The van der Waals surface area contributed by atoms with E-state index in [9.17, 15) is 4.39 Å². The molecule has 1 rings (SSSR count). The molecule has 0 spiro atoms. The normalized spacial score (nSPS) is 11.1. The molecule has 0 aliphatic carbocycles. The smallest absolute Gasteiger partial charge is 0.130 e. The Morgan fingerprint density at radius 2 is 1.92 bits per heavy atom. The van der Waals surface area contributed by atoms with Gasteiger partial charge < -0.3 is 5.73 Å². The average molecular weight is 179 g/mol. The van der Waals surface area contributed by atoms with Crippen LogP contribution in [0.5, 0.6) is 0 Å². The van der Waals surface area contributed by atoms with E-state index in [4.69, 9.17) is 5.73 Å². The first-order valence-electron chi connectivity index (χ1n) is 4.28. The summed E-state index contributed by atoms with van der Waals surface area (Å²) in [5, 5.41) is 0. The van der Waals surface area contributed by atoms with Crippen LogP contribution in [-0.2, 0) is 0 Å². The lowest BCUT2D eigenvalue weighted by Gasteiger charge is -2.02. The quantitative estimate of drug-likeness (QED) is 0.741. The van der Waals surface area contributed by atoms with Gasteiger partial charge in [-0.05, 0) is 37.1 Å². The minimum atomic E-state index is -0.187. The fraction of sp³-hybridized carbons (Fsp3) is 0.273. The number of hydrogen-bond acceptors (Lipinski definition) is 1. The standard InChI is InChI=1S/C11H14FN/c1-8-6-10(4-3-5-13)11(12)7-9(8)2/h3-4,6-7H,5,13H2,1-2H3/b4-3+. The summed E-state index contributed by atoms with van der Waals surface area (Å²) >= 11 is 0. The first-order valence-corrected chi connectivity index (χ1v) is 4.28. The molecule has 2 N–H and O–H groups in total. The van der Waals surface area contributed by atoms with Gasteiger partial charge in [-0.1, -0.05) is 12.2 Å². The van der Waals surface area contributed by atoms with Crippen LogP contribution in [0.1, 0.15) is 16.7 Å². The molecule has 0 heterocycles. The second-order valence-electron chi connectivity index (χ2n) is 3.10. The number of benzene rings is 1. The zero-order valence-electron chi connectivity index (χ0n) is 7.97. The molecule has 13 heavy (non-hydrogen) atoms. The molecule has 1 aromatic carbocycles. The van der Waals surface area contributed by atoms with E-state index in [0.29, 0.717) is 12.1 Å². The van der Waals surface area contributed by atoms with Crippen molar-refractivity contribution in [2.75, 3.05) is 6.54 Å². The monoisotopic (exact) mass is 179 g/mol. The molecule has 0 aromatic heterocycles. The Kier molecular flexibility index (Phi) is 3.20. The van der Waals surface area contributed by atoms with E-state index >= 15 is 0 Å². The van der Waals surface area contributed by atoms with Crippen molar-refractivity contribution in [3.8, 4) is 0 Å². The van der Waals surface area contributed by atoms with Gasteiger partial charge in [0.1, 0.15) is 5.82 Å². The third-order valence-electron chi connectivity index (χ3n) is 2.05. The summed E-state index contributed by atoms with van der Waals surface area (Å²) in [6.07, 6.45) is 3.45. The largest absolute Gasteiger partial charge is 0.327 e. The van der Waals surface area contributed by atoms with Gasteiger partial charge in [0.05, 0.1) is 0 Å². The zero-order chi connectivity index (χ0) is 9.84. The highest BCUT2D eigenvalue weighted by Gasteiger charge is 2.01. The molecule has 70 valence electrons. The van der Waals surface area contributed by atoms with Gasteiger partial charge >= 0.3 is 0 Å². The van der Waals surface area contributed by atoms with Crippen LogP contribution in [0, 0.1) is 19.7 Å². The molecular weight excluding hydrogens is 165 g/mol. The molecule has 0 radical (unpaired) electrons. The summed E-state index contributed by atoms with van der Waals surface area (Å²) < 4.78 is 13.3. The van der Waals surface area contributed by atoms with Crippen LogP contribution in [-0.4, -0.2) is 6.54 Å². The van der Waals surface area contributed by atoms with E-state index in [1.807, 2.05) is 19.9 Å². The molecule has 0 aliphatic rings. The van der Waals surface area contributed by atoms with Gasteiger partial charge in [-0.3, -0.25) is 0 Å². The van der Waals surface area contributed by atoms with Gasteiger partial charge in [-0.25, -0.2) is 4.39 Å². The fourth-order valence-electron chi connectivity index (χ4n) is 1.13. The third kappa shape index (κ3) is 2.39. The van der Waals surface area contributed by atoms with Crippen LogP contribution in [0.3, 0.4) is 0 Å². The van der Waals surface area contributed by atoms with Crippen molar-refractivity contribution in [2.45, 2.75) is 13.8 Å². The molecule has 0 bridgehead atoms. The molecule has 0 saturated carbocycles. The summed E-state index contributed by atoms with van der Waals surface area (Å²) in [5.41, 5.74) is 7.96. The van der Waals surface area contributed by atoms with Crippen LogP contribution in [0.25, 0.3) is 6.08 Å². The van der Waals surface area contributed by atoms with Crippen molar-refractivity contribution in [3.05, 3.63) is 40.7 Å². The maximum atomic E-state index is 13.3. The van der Waals surface area contributed by atoms with Crippen molar-refractivity contribution in [1.82, 2.24) is 0 Å². The SMILES string of the molecule is Cc1cc(F)c(/C=C/CN)cc1C. The lowest BCUT2D eigenvalue weighted by atomic mass is 10.1. The lowest BCUT2D eigenvalue weighted by molar-refractivity contribution is 0.623. The number of halogens is 1. The van der Waals surface area contributed by atoms with Crippen LogP contribution in [0.2, 0.25) is 0 Å². The highest BCUT2D eigenvalue weighted by molar-refractivity contribution is 5.52. The number of rotatable bonds is 2. The van der Waals surface area contributed by atoms with Crippen molar-refractivity contribution < 1.29 is 4.39 Å².